The van der Waals surface area contributed by atoms with Crippen molar-refractivity contribution < 1.29 is 13.4 Å². The van der Waals surface area contributed by atoms with Crippen molar-refractivity contribution in [3.05, 3.63) is 34.9 Å². The second kappa shape index (κ2) is 4.43. The molecule has 96 valence electrons. The van der Waals surface area contributed by atoms with Crippen LogP contribution in [0.25, 0.3) is 23.2 Å². The summed E-state index contributed by atoms with van der Waals surface area (Å²) in [6.45, 7) is 1.67. The molecule has 0 bridgehead atoms. The number of rotatable bonds is 2. The van der Waals surface area contributed by atoms with E-state index in [1.54, 1.807) is 13.0 Å². The molecule has 0 aliphatic heterocycles. The molecule has 3 rings (SSSR count). The standard InChI is InChI=1S/C11H6ClFN4O2/c1-5-14-10(18-16-5)11-15-9(17-19-11)6-2-3-7(12)8(13)4-6/h2-4H,1H3. The second-order valence-corrected chi connectivity index (χ2v) is 4.11. The van der Waals surface area contributed by atoms with Gasteiger partial charge in [-0.25, -0.2) is 4.39 Å². The molecule has 0 saturated carbocycles. The van der Waals surface area contributed by atoms with Gasteiger partial charge < -0.3 is 9.05 Å². The summed E-state index contributed by atoms with van der Waals surface area (Å²) in [5.74, 6) is 0.296. The Bertz CT molecular complexity index is 740. The first kappa shape index (κ1) is 11.8. The number of aromatic nitrogens is 4. The molecular weight excluding hydrogens is 275 g/mol. The first-order valence-electron chi connectivity index (χ1n) is 5.23. The van der Waals surface area contributed by atoms with Gasteiger partial charge in [0.15, 0.2) is 5.82 Å². The van der Waals surface area contributed by atoms with Crippen molar-refractivity contribution in [2.24, 2.45) is 0 Å². The lowest BCUT2D eigenvalue weighted by atomic mass is 10.2. The van der Waals surface area contributed by atoms with Gasteiger partial charge in [0.1, 0.15) is 5.82 Å². The first-order valence-corrected chi connectivity index (χ1v) is 5.61. The molecule has 0 spiro atoms. The van der Waals surface area contributed by atoms with E-state index in [1.165, 1.54) is 12.1 Å². The van der Waals surface area contributed by atoms with Gasteiger partial charge in [-0.1, -0.05) is 21.9 Å². The Hall–Kier alpha value is -2.28. The lowest BCUT2D eigenvalue weighted by molar-refractivity contribution is 0.381. The molecule has 0 saturated heterocycles. The van der Waals surface area contributed by atoms with Crippen LogP contribution in [0, 0.1) is 12.7 Å². The summed E-state index contributed by atoms with van der Waals surface area (Å²) in [5, 5.41) is 7.36. The highest BCUT2D eigenvalue weighted by molar-refractivity contribution is 6.30. The van der Waals surface area contributed by atoms with E-state index >= 15 is 0 Å². The Balaban J connectivity index is 1.98. The normalized spacial score (nSPS) is 10.9. The molecule has 0 aliphatic rings. The molecule has 0 unspecified atom stereocenters. The third-order valence-electron chi connectivity index (χ3n) is 2.31. The summed E-state index contributed by atoms with van der Waals surface area (Å²) in [6.07, 6.45) is 0. The molecule has 0 atom stereocenters. The molecule has 0 N–H and O–H groups in total. The van der Waals surface area contributed by atoms with Gasteiger partial charge in [0.05, 0.1) is 5.02 Å². The zero-order chi connectivity index (χ0) is 13.4. The maximum absolute atomic E-state index is 13.3. The number of halogens is 2. The highest BCUT2D eigenvalue weighted by atomic mass is 35.5. The Morgan fingerprint density at radius 1 is 1.11 bits per heavy atom. The van der Waals surface area contributed by atoms with Crippen molar-refractivity contribution in [2.75, 3.05) is 0 Å². The monoisotopic (exact) mass is 280 g/mol. The molecule has 0 amide bonds. The molecule has 2 aromatic heterocycles. The second-order valence-electron chi connectivity index (χ2n) is 3.70. The molecule has 3 aromatic rings. The van der Waals surface area contributed by atoms with Gasteiger partial charge >= 0.3 is 11.8 Å². The maximum atomic E-state index is 13.3. The van der Waals surface area contributed by atoms with E-state index in [0.717, 1.165) is 0 Å². The van der Waals surface area contributed by atoms with Crippen molar-refractivity contribution >= 4 is 11.6 Å². The van der Waals surface area contributed by atoms with E-state index < -0.39 is 5.82 Å². The molecule has 0 fully saturated rings. The molecule has 6 nitrogen and oxygen atoms in total. The molecule has 1 aromatic carbocycles. The van der Waals surface area contributed by atoms with E-state index in [0.29, 0.717) is 11.4 Å². The van der Waals surface area contributed by atoms with Gasteiger partial charge in [-0.2, -0.15) is 9.97 Å². The van der Waals surface area contributed by atoms with Crippen LogP contribution in [-0.4, -0.2) is 20.3 Å². The van der Waals surface area contributed by atoms with Gasteiger partial charge in [-0.15, -0.1) is 0 Å². The highest BCUT2D eigenvalue weighted by Crippen LogP contribution is 2.24. The largest absolute Gasteiger partial charge is 0.329 e. The SMILES string of the molecule is Cc1noc(-c2nc(-c3ccc(Cl)c(F)c3)no2)n1. The van der Waals surface area contributed by atoms with Crippen molar-refractivity contribution in [1.29, 1.82) is 0 Å². The van der Waals surface area contributed by atoms with Crippen LogP contribution in [-0.2, 0) is 0 Å². The molecule has 2 heterocycles. The number of hydrogen-bond donors (Lipinski definition) is 0. The van der Waals surface area contributed by atoms with Crippen LogP contribution in [0.1, 0.15) is 5.82 Å². The molecule has 0 radical (unpaired) electrons. The summed E-state index contributed by atoms with van der Waals surface area (Å²) >= 11 is 5.60. The number of aryl methyl sites for hydroxylation is 1. The van der Waals surface area contributed by atoms with Crippen molar-refractivity contribution in [3.8, 4) is 23.2 Å². The maximum Gasteiger partial charge on any atom is 0.316 e. The van der Waals surface area contributed by atoms with Crippen molar-refractivity contribution in [2.45, 2.75) is 6.92 Å². The summed E-state index contributed by atoms with van der Waals surface area (Å²) in [4.78, 5) is 8.00. The van der Waals surface area contributed by atoms with Crippen LogP contribution in [0.3, 0.4) is 0 Å². The van der Waals surface area contributed by atoms with Crippen molar-refractivity contribution in [3.63, 3.8) is 0 Å². The summed E-state index contributed by atoms with van der Waals surface area (Å²) < 4.78 is 23.2. The van der Waals surface area contributed by atoms with E-state index in [-0.39, 0.29) is 22.6 Å². The highest BCUT2D eigenvalue weighted by Gasteiger charge is 2.16. The zero-order valence-corrected chi connectivity index (χ0v) is 10.3. The molecule has 8 heteroatoms. The molecular formula is C11H6ClFN4O2. The summed E-state index contributed by atoms with van der Waals surface area (Å²) in [7, 11) is 0. The van der Waals surface area contributed by atoms with Gasteiger partial charge in [-0.3, -0.25) is 0 Å². The van der Waals surface area contributed by atoms with Crippen LogP contribution in [0.15, 0.2) is 27.2 Å². The van der Waals surface area contributed by atoms with Crippen LogP contribution in [0.5, 0.6) is 0 Å². The van der Waals surface area contributed by atoms with E-state index in [1.807, 2.05) is 0 Å². The molecule has 0 aliphatic carbocycles. The Morgan fingerprint density at radius 2 is 1.84 bits per heavy atom. The van der Waals surface area contributed by atoms with Crippen LogP contribution >= 0.6 is 11.6 Å². The minimum absolute atomic E-state index is 0.0278. The number of nitrogens with zero attached hydrogens (tertiary/aromatic N) is 4. The zero-order valence-electron chi connectivity index (χ0n) is 9.59. The predicted octanol–water partition coefficient (Wildman–Crippen LogP) is 2.89. The Labute approximate surface area is 111 Å². The van der Waals surface area contributed by atoms with Crippen LogP contribution < -0.4 is 0 Å². The minimum atomic E-state index is -0.556. The lowest BCUT2D eigenvalue weighted by Crippen LogP contribution is -1.84. The topological polar surface area (TPSA) is 77.8 Å². The quantitative estimate of drug-likeness (QED) is 0.718. The summed E-state index contributed by atoms with van der Waals surface area (Å²) in [5.41, 5.74) is 0.438. The van der Waals surface area contributed by atoms with Gasteiger partial charge in [0, 0.05) is 5.56 Å². The number of hydrogen-bond acceptors (Lipinski definition) is 6. The first-order chi connectivity index (χ1) is 9.13. The minimum Gasteiger partial charge on any atom is -0.329 e. The van der Waals surface area contributed by atoms with Crippen molar-refractivity contribution in [1.82, 2.24) is 20.3 Å². The number of benzene rings is 1. The molecule has 19 heavy (non-hydrogen) atoms. The fourth-order valence-electron chi connectivity index (χ4n) is 1.45. The Morgan fingerprint density at radius 3 is 2.53 bits per heavy atom. The average molecular weight is 281 g/mol. The average Bonchev–Trinajstić information content (AvgIpc) is 3.01. The van der Waals surface area contributed by atoms with E-state index in [2.05, 4.69) is 20.3 Å². The lowest BCUT2D eigenvalue weighted by Gasteiger charge is -1.96. The Kier molecular flexibility index (Phi) is 2.75. The smallest absolute Gasteiger partial charge is 0.316 e. The third-order valence-corrected chi connectivity index (χ3v) is 2.62. The van der Waals surface area contributed by atoms with Crippen LogP contribution in [0.2, 0.25) is 5.02 Å². The van der Waals surface area contributed by atoms with Crippen LogP contribution in [0.4, 0.5) is 4.39 Å². The van der Waals surface area contributed by atoms with Gasteiger partial charge in [0.25, 0.3) is 0 Å². The fraction of sp³-hybridized carbons (Fsp3) is 0.0909. The van der Waals surface area contributed by atoms with Gasteiger partial charge in [-0.05, 0) is 25.1 Å². The van der Waals surface area contributed by atoms with E-state index in [9.17, 15) is 4.39 Å². The van der Waals surface area contributed by atoms with Gasteiger partial charge in [0.2, 0.25) is 5.82 Å². The van der Waals surface area contributed by atoms with E-state index in [4.69, 9.17) is 20.6 Å². The predicted molar refractivity (Wildman–Crippen MR) is 62.7 cm³/mol. The third kappa shape index (κ3) is 2.19. The summed E-state index contributed by atoms with van der Waals surface area (Å²) in [6, 6.07) is 4.22. The fourth-order valence-corrected chi connectivity index (χ4v) is 1.56.